The highest BCUT2D eigenvalue weighted by atomic mass is 32.1. The third kappa shape index (κ3) is 5.05. The van der Waals surface area contributed by atoms with E-state index in [0.717, 1.165) is 39.1 Å². The molecule has 0 aromatic carbocycles. The summed E-state index contributed by atoms with van der Waals surface area (Å²) in [4.78, 5) is 27.4. The fourth-order valence-corrected chi connectivity index (χ4v) is 4.63. The molecule has 0 radical (unpaired) electrons. The van der Waals surface area contributed by atoms with Crippen LogP contribution in [0.2, 0.25) is 0 Å². The Kier molecular flexibility index (Phi) is 7.05. The van der Waals surface area contributed by atoms with E-state index in [2.05, 4.69) is 15.5 Å². The lowest BCUT2D eigenvalue weighted by molar-refractivity contribution is -0.122. The number of hydrogen-bond donors (Lipinski definition) is 2. The van der Waals surface area contributed by atoms with Gasteiger partial charge in [0.2, 0.25) is 5.91 Å². The van der Waals surface area contributed by atoms with Crippen LogP contribution in [0.3, 0.4) is 0 Å². The van der Waals surface area contributed by atoms with Gasteiger partial charge in [0.1, 0.15) is 0 Å². The first-order chi connectivity index (χ1) is 12.7. The second kappa shape index (κ2) is 9.48. The van der Waals surface area contributed by atoms with Crippen LogP contribution in [0.15, 0.2) is 17.5 Å². The lowest BCUT2D eigenvalue weighted by atomic mass is 9.79. The van der Waals surface area contributed by atoms with Crippen molar-refractivity contribution in [3.05, 3.63) is 22.4 Å². The molecule has 1 aliphatic heterocycles. The monoisotopic (exact) mass is 379 g/mol. The molecule has 6 nitrogen and oxygen atoms in total. The molecule has 2 heterocycles. The van der Waals surface area contributed by atoms with E-state index in [1.165, 1.54) is 30.6 Å². The summed E-state index contributed by atoms with van der Waals surface area (Å²) in [6.45, 7) is 4.53. The summed E-state index contributed by atoms with van der Waals surface area (Å²) in [6, 6.07) is 3.64. The number of hydrogen-bond acceptors (Lipinski definition) is 5. The summed E-state index contributed by atoms with van der Waals surface area (Å²) in [5.41, 5.74) is 0.0813. The van der Waals surface area contributed by atoms with Crippen molar-refractivity contribution in [3.63, 3.8) is 0 Å². The van der Waals surface area contributed by atoms with Crippen LogP contribution in [0.1, 0.15) is 48.2 Å². The molecule has 0 spiro atoms. The molecule has 7 heteroatoms. The van der Waals surface area contributed by atoms with Crippen molar-refractivity contribution in [2.75, 3.05) is 39.4 Å². The van der Waals surface area contributed by atoms with Crippen LogP contribution in [0, 0.1) is 0 Å². The summed E-state index contributed by atoms with van der Waals surface area (Å²) in [6.07, 6.45) is 6.34. The summed E-state index contributed by atoms with van der Waals surface area (Å²) in [5.74, 6) is -0.0976. The average molecular weight is 380 g/mol. The molecular formula is C19H29N3O3S. The van der Waals surface area contributed by atoms with Crippen molar-refractivity contribution >= 4 is 23.2 Å². The standard InChI is InChI=1S/C19H29N3O3S/c23-17(6-9-20-18(24)16-5-4-14-26-16)21-15-19(7-2-1-3-8-19)22-10-12-25-13-11-22/h4-5,14H,1-3,6-13,15H2,(H,20,24)(H,21,23). The molecule has 1 saturated heterocycles. The summed E-state index contributed by atoms with van der Waals surface area (Å²) < 4.78 is 5.50. The second-order valence-electron chi connectivity index (χ2n) is 7.14. The van der Waals surface area contributed by atoms with Crippen molar-refractivity contribution in [1.29, 1.82) is 0 Å². The number of nitrogens with one attached hydrogen (secondary N) is 2. The fourth-order valence-electron chi connectivity index (χ4n) is 3.99. The van der Waals surface area contributed by atoms with Crippen LogP contribution in [-0.4, -0.2) is 61.6 Å². The van der Waals surface area contributed by atoms with Crippen molar-refractivity contribution in [1.82, 2.24) is 15.5 Å². The Bertz CT molecular complexity index is 579. The van der Waals surface area contributed by atoms with E-state index in [1.54, 1.807) is 6.07 Å². The number of nitrogens with zero attached hydrogens (tertiary/aromatic N) is 1. The van der Waals surface area contributed by atoms with Gasteiger partial charge in [-0.1, -0.05) is 25.3 Å². The van der Waals surface area contributed by atoms with Crippen LogP contribution in [0.4, 0.5) is 0 Å². The first-order valence-electron chi connectivity index (χ1n) is 9.61. The third-order valence-electron chi connectivity index (χ3n) is 5.46. The van der Waals surface area contributed by atoms with E-state index in [9.17, 15) is 9.59 Å². The first kappa shape index (κ1) is 19.3. The quantitative estimate of drug-likeness (QED) is 0.760. The number of carbonyl (C=O) groups is 2. The Hall–Kier alpha value is -1.44. The Labute approximate surface area is 159 Å². The van der Waals surface area contributed by atoms with E-state index in [-0.39, 0.29) is 17.4 Å². The zero-order chi connectivity index (χ0) is 18.2. The van der Waals surface area contributed by atoms with Crippen molar-refractivity contribution in [2.45, 2.75) is 44.1 Å². The minimum absolute atomic E-state index is 0.00897. The average Bonchev–Trinajstić information content (AvgIpc) is 3.23. The molecule has 2 N–H and O–H groups in total. The van der Waals surface area contributed by atoms with Crippen molar-refractivity contribution in [3.8, 4) is 0 Å². The minimum Gasteiger partial charge on any atom is -0.379 e. The van der Waals surface area contributed by atoms with Gasteiger partial charge in [-0.05, 0) is 24.3 Å². The molecule has 0 unspecified atom stereocenters. The normalized spacial score (nSPS) is 20.5. The molecule has 2 amide bonds. The zero-order valence-corrected chi connectivity index (χ0v) is 16.1. The summed E-state index contributed by atoms with van der Waals surface area (Å²) >= 11 is 1.41. The number of amides is 2. The molecule has 1 saturated carbocycles. The van der Waals surface area contributed by atoms with E-state index in [4.69, 9.17) is 4.74 Å². The highest BCUT2D eigenvalue weighted by molar-refractivity contribution is 7.12. The second-order valence-corrected chi connectivity index (χ2v) is 8.09. The molecule has 1 aromatic heterocycles. The molecule has 1 aromatic rings. The predicted molar refractivity (Wildman–Crippen MR) is 102 cm³/mol. The maximum absolute atomic E-state index is 12.3. The van der Waals surface area contributed by atoms with Crippen LogP contribution in [-0.2, 0) is 9.53 Å². The van der Waals surface area contributed by atoms with Gasteiger partial charge in [0.15, 0.2) is 0 Å². The summed E-state index contributed by atoms with van der Waals surface area (Å²) in [7, 11) is 0. The lowest BCUT2D eigenvalue weighted by Crippen LogP contribution is -2.59. The first-order valence-corrected chi connectivity index (χ1v) is 10.5. The Balaban J connectivity index is 1.44. The number of morpholine rings is 1. The number of ether oxygens (including phenoxy) is 1. The van der Waals surface area contributed by atoms with Crippen LogP contribution in [0.25, 0.3) is 0 Å². The molecule has 0 bridgehead atoms. The summed E-state index contributed by atoms with van der Waals surface area (Å²) in [5, 5.41) is 7.81. The van der Waals surface area contributed by atoms with Crippen molar-refractivity contribution in [2.24, 2.45) is 0 Å². The van der Waals surface area contributed by atoms with Gasteiger partial charge in [-0.2, -0.15) is 0 Å². The SMILES string of the molecule is O=C(CCNC(=O)c1cccs1)NCC1(N2CCOCC2)CCCCC1. The molecular weight excluding hydrogens is 350 g/mol. The van der Waals surface area contributed by atoms with Gasteiger partial charge in [0.05, 0.1) is 18.1 Å². The van der Waals surface area contributed by atoms with Gasteiger partial charge < -0.3 is 15.4 Å². The van der Waals surface area contributed by atoms with E-state index in [0.29, 0.717) is 24.4 Å². The third-order valence-corrected chi connectivity index (χ3v) is 6.33. The van der Waals surface area contributed by atoms with E-state index >= 15 is 0 Å². The predicted octanol–water partition coefficient (Wildman–Crippen LogP) is 2.02. The molecule has 3 rings (SSSR count). The highest BCUT2D eigenvalue weighted by Gasteiger charge is 2.38. The minimum atomic E-state index is -0.107. The Morgan fingerprint density at radius 2 is 1.92 bits per heavy atom. The Morgan fingerprint density at radius 1 is 1.15 bits per heavy atom. The van der Waals surface area contributed by atoms with Crippen LogP contribution >= 0.6 is 11.3 Å². The maximum Gasteiger partial charge on any atom is 0.261 e. The topological polar surface area (TPSA) is 70.7 Å². The molecule has 26 heavy (non-hydrogen) atoms. The van der Waals surface area contributed by atoms with Gasteiger partial charge in [-0.3, -0.25) is 14.5 Å². The van der Waals surface area contributed by atoms with Gasteiger partial charge in [-0.15, -0.1) is 11.3 Å². The van der Waals surface area contributed by atoms with Gasteiger partial charge in [0, 0.05) is 38.1 Å². The molecule has 1 aliphatic carbocycles. The largest absolute Gasteiger partial charge is 0.379 e. The fraction of sp³-hybridized carbons (Fsp3) is 0.684. The molecule has 2 fully saturated rings. The zero-order valence-electron chi connectivity index (χ0n) is 15.3. The lowest BCUT2D eigenvalue weighted by Gasteiger charge is -2.48. The van der Waals surface area contributed by atoms with Gasteiger partial charge in [0.25, 0.3) is 5.91 Å². The van der Waals surface area contributed by atoms with E-state index in [1.807, 2.05) is 11.4 Å². The number of rotatable bonds is 7. The molecule has 2 aliphatic rings. The van der Waals surface area contributed by atoms with Crippen LogP contribution < -0.4 is 10.6 Å². The molecule has 144 valence electrons. The van der Waals surface area contributed by atoms with E-state index < -0.39 is 0 Å². The Morgan fingerprint density at radius 3 is 2.62 bits per heavy atom. The van der Waals surface area contributed by atoms with Crippen molar-refractivity contribution < 1.29 is 14.3 Å². The van der Waals surface area contributed by atoms with Crippen LogP contribution in [0.5, 0.6) is 0 Å². The van der Waals surface area contributed by atoms with Gasteiger partial charge >= 0.3 is 0 Å². The smallest absolute Gasteiger partial charge is 0.261 e. The maximum atomic E-state index is 12.3. The highest BCUT2D eigenvalue weighted by Crippen LogP contribution is 2.33. The molecule has 0 atom stereocenters. The van der Waals surface area contributed by atoms with Gasteiger partial charge in [-0.25, -0.2) is 0 Å². The number of carbonyl (C=O) groups excluding carboxylic acids is 2. The number of thiophene rings is 1.